The van der Waals surface area contributed by atoms with Gasteiger partial charge in [0.2, 0.25) is 0 Å². The van der Waals surface area contributed by atoms with Gasteiger partial charge in [0.25, 0.3) is 5.95 Å². The lowest BCUT2D eigenvalue weighted by Gasteiger charge is -2.16. The van der Waals surface area contributed by atoms with E-state index in [1.807, 2.05) is 6.92 Å². The highest BCUT2D eigenvalue weighted by atomic mass is 28.3. The van der Waals surface area contributed by atoms with Crippen molar-refractivity contribution in [3.63, 3.8) is 0 Å². The number of aliphatic hydroxyl groups excluding tert-OH is 1. The van der Waals surface area contributed by atoms with E-state index in [1.165, 1.54) is 11.6 Å². The Morgan fingerprint density at radius 3 is 2.44 bits per heavy atom. The highest BCUT2D eigenvalue weighted by molar-refractivity contribution is 6.76. The first-order valence-electron chi connectivity index (χ1n) is 6.94. The van der Waals surface area contributed by atoms with E-state index < -0.39 is 8.07 Å². The number of hydrogen-bond donors (Lipinski definition) is 1. The molecular weight excluding hydrogens is 240 g/mol. The molecule has 0 saturated heterocycles. The van der Waals surface area contributed by atoms with Crippen molar-refractivity contribution in [1.29, 1.82) is 0 Å². The zero-order chi connectivity index (χ0) is 14.2. The summed E-state index contributed by atoms with van der Waals surface area (Å²) in [6.45, 7) is 13.9. The van der Waals surface area contributed by atoms with Crippen LogP contribution in [0, 0.1) is 5.92 Å². The number of ether oxygens (including phenoxy) is 1. The van der Waals surface area contributed by atoms with Crippen molar-refractivity contribution in [2.75, 3.05) is 6.61 Å². The van der Waals surface area contributed by atoms with Gasteiger partial charge in [-0.1, -0.05) is 38.2 Å². The highest BCUT2D eigenvalue weighted by Gasteiger charge is 2.12. The minimum Gasteiger partial charge on any atom is -0.481 e. The lowest BCUT2D eigenvalue weighted by atomic mass is 10.0. The van der Waals surface area contributed by atoms with Crippen molar-refractivity contribution in [3.05, 3.63) is 23.7 Å². The van der Waals surface area contributed by atoms with Crippen LogP contribution in [0.1, 0.15) is 33.6 Å². The van der Waals surface area contributed by atoms with Crippen LogP contribution in [0.3, 0.4) is 0 Å². The van der Waals surface area contributed by atoms with Gasteiger partial charge in [0, 0.05) is 8.07 Å². The van der Waals surface area contributed by atoms with Gasteiger partial charge in [-0.15, -0.1) is 0 Å². The SMILES string of the molecule is CCO/C(O)=C\C(C)CC/C=C(\C)C[Si](C)(C)C. The zero-order valence-electron chi connectivity index (χ0n) is 12.9. The fourth-order valence-electron chi connectivity index (χ4n) is 2.02. The van der Waals surface area contributed by atoms with Gasteiger partial charge < -0.3 is 9.84 Å². The molecule has 0 aliphatic rings. The molecule has 1 atom stereocenters. The van der Waals surface area contributed by atoms with Gasteiger partial charge >= 0.3 is 0 Å². The minimum atomic E-state index is -0.975. The van der Waals surface area contributed by atoms with Crippen LogP contribution < -0.4 is 0 Å². The van der Waals surface area contributed by atoms with Crippen LogP contribution in [0.5, 0.6) is 0 Å². The number of hydrogen-bond acceptors (Lipinski definition) is 2. The Hall–Kier alpha value is -0.703. The molecule has 106 valence electrons. The molecule has 0 heterocycles. The summed E-state index contributed by atoms with van der Waals surface area (Å²) in [6.07, 6.45) is 6.28. The maximum absolute atomic E-state index is 9.41. The van der Waals surface area contributed by atoms with E-state index in [4.69, 9.17) is 4.74 Å². The average molecular weight is 270 g/mol. The fraction of sp³-hybridized carbons (Fsp3) is 0.733. The number of rotatable bonds is 8. The van der Waals surface area contributed by atoms with E-state index >= 15 is 0 Å². The lowest BCUT2D eigenvalue weighted by molar-refractivity contribution is 0.0992. The van der Waals surface area contributed by atoms with E-state index in [1.54, 1.807) is 6.08 Å². The summed E-state index contributed by atoms with van der Waals surface area (Å²) >= 11 is 0. The van der Waals surface area contributed by atoms with Crippen LogP contribution in [0.2, 0.25) is 25.7 Å². The van der Waals surface area contributed by atoms with Crippen LogP contribution in [0.25, 0.3) is 0 Å². The molecule has 3 heteroatoms. The molecule has 0 saturated carbocycles. The predicted octanol–water partition coefficient (Wildman–Crippen LogP) is 5.12. The maximum Gasteiger partial charge on any atom is 0.272 e. The van der Waals surface area contributed by atoms with Crippen molar-refractivity contribution >= 4 is 8.07 Å². The molecule has 0 aliphatic carbocycles. The molecule has 18 heavy (non-hydrogen) atoms. The van der Waals surface area contributed by atoms with E-state index in [9.17, 15) is 5.11 Å². The van der Waals surface area contributed by atoms with Crippen LogP contribution >= 0.6 is 0 Å². The zero-order valence-corrected chi connectivity index (χ0v) is 13.9. The summed E-state index contributed by atoms with van der Waals surface area (Å²) < 4.78 is 5.01. The summed E-state index contributed by atoms with van der Waals surface area (Å²) in [5, 5.41) is 9.41. The Bertz CT molecular complexity index is 287. The lowest BCUT2D eigenvalue weighted by Crippen LogP contribution is -2.19. The van der Waals surface area contributed by atoms with Crippen molar-refractivity contribution in [3.8, 4) is 0 Å². The Kier molecular flexibility index (Phi) is 8.08. The van der Waals surface area contributed by atoms with E-state index in [2.05, 4.69) is 39.6 Å². The summed E-state index contributed by atoms with van der Waals surface area (Å²) in [7, 11) is -0.975. The Morgan fingerprint density at radius 2 is 1.94 bits per heavy atom. The summed E-state index contributed by atoms with van der Waals surface area (Å²) in [6, 6.07) is 1.28. The van der Waals surface area contributed by atoms with E-state index in [0.29, 0.717) is 12.5 Å². The molecule has 0 aromatic rings. The highest BCUT2D eigenvalue weighted by Crippen LogP contribution is 2.18. The molecule has 1 N–H and O–H groups in total. The van der Waals surface area contributed by atoms with Crippen molar-refractivity contribution in [2.45, 2.75) is 59.3 Å². The largest absolute Gasteiger partial charge is 0.481 e. The molecule has 0 bridgehead atoms. The smallest absolute Gasteiger partial charge is 0.272 e. The van der Waals surface area contributed by atoms with Gasteiger partial charge in [0.05, 0.1) is 6.61 Å². The molecule has 0 fully saturated rings. The van der Waals surface area contributed by atoms with Gasteiger partial charge in [0.1, 0.15) is 0 Å². The summed E-state index contributed by atoms with van der Waals surface area (Å²) in [5.74, 6) is 0.417. The Morgan fingerprint density at radius 1 is 1.33 bits per heavy atom. The quantitative estimate of drug-likeness (QED) is 0.377. The molecule has 1 unspecified atom stereocenters. The molecule has 0 radical (unpaired) electrons. The first-order valence-corrected chi connectivity index (χ1v) is 10.6. The summed E-state index contributed by atoms with van der Waals surface area (Å²) in [4.78, 5) is 0. The Labute approximate surface area is 114 Å². The standard InChI is InChI=1S/C15H30O2Si/c1-7-17-15(16)11-13(2)9-8-10-14(3)12-18(4,5)6/h10-11,13,16H,7-9,12H2,1-6H3/b14-10+,15-11-. The summed E-state index contributed by atoms with van der Waals surface area (Å²) in [5.41, 5.74) is 1.51. The monoisotopic (exact) mass is 270 g/mol. The van der Waals surface area contributed by atoms with Crippen LogP contribution in [-0.2, 0) is 4.74 Å². The van der Waals surface area contributed by atoms with Gasteiger partial charge in [-0.3, -0.25) is 0 Å². The van der Waals surface area contributed by atoms with Crippen LogP contribution in [0.4, 0.5) is 0 Å². The molecule has 0 spiro atoms. The van der Waals surface area contributed by atoms with E-state index in [0.717, 1.165) is 12.8 Å². The second kappa shape index (κ2) is 8.41. The third-order valence-corrected chi connectivity index (χ3v) is 4.26. The second-order valence-corrected chi connectivity index (χ2v) is 11.8. The molecular formula is C15H30O2Si. The second-order valence-electron chi connectivity index (χ2n) is 6.28. The first kappa shape index (κ1) is 17.3. The van der Waals surface area contributed by atoms with Crippen molar-refractivity contribution in [1.82, 2.24) is 0 Å². The molecule has 2 nitrogen and oxygen atoms in total. The molecule has 0 aromatic carbocycles. The van der Waals surface area contributed by atoms with Crippen LogP contribution in [0.15, 0.2) is 23.7 Å². The van der Waals surface area contributed by atoms with E-state index in [-0.39, 0.29) is 5.95 Å². The predicted molar refractivity (Wildman–Crippen MR) is 82.6 cm³/mol. The third-order valence-electron chi connectivity index (χ3n) is 2.64. The normalized spacial score (nSPS) is 15.7. The van der Waals surface area contributed by atoms with Gasteiger partial charge in [-0.25, -0.2) is 0 Å². The minimum absolute atomic E-state index is 0.0628. The number of aliphatic hydroxyl groups is 1. The first-order chi connectivity index (χ1) is 8.24. The third kappa shape index (κ3) is 10.5. The molecule has 0 amide bonds. The van der Waals surface area contributed by atoms with Gasteiger partial charge in [-0.2, -0.15) is 0 Å². The topological polar surface area (TPSA) is 29.5 Å². The average Bonchev–Trinajstić information content (AvgIpc) is 2.14. The number of allylic oxidation sites excluding steroid dienone is 3. The Balaban J connectivity index is 4.03. The van der Waals surface area contributed by atoms with Gasteiger partial charge in [-0.05, 0) is 44.7 Å². The molecule has 0 aliphatic heterocycles. The van der Waals surface area contributed by atoms with Crippen molar-refractivity contribution < 1.29 is 9.84 Å². The molecule has 0 aromatic heterocycles. The maximum atomic E-state index is 9.41. The fourth-order valence-corrected chi connectivity index (χ4v) is 3.84. The van der Waals surface area contributed by atoms with Crippen LogP contribution in [-0.4, -0.2) is 19.8 Å². The van der Waals surface area contributed by atoms with Gasteiger partial charge in [0.15, 0.2) is 0 Å². The van der Waals surface area contributed by atoms with Crippen molar-refractivity contribution in [2.24, 2.45) is 5.92 Å². The molecule has 0 rings (SSSR count).